The summed E-state index contributed by atoms with van der Waals surface area (Å²) in [5.41, 5.74) is 0. The largest absolute Gasteiger partial charge is 0.275 e. The molecule has 0 N–H and O–H groups in total. The predicted octanol–water partition coefficient (Wildman–Crippen LogP) is 1.48. The third-order valence-corrected chi connectivity index (χ3v) is 1.26. The van der Waals surface area contributed by atoms with E-state index < -0.39 is 6.43 Å². The highest BCUT2D eigenvalue weighted by Gasteiger charge is 2.07. The van der Waals surface area contributed by atoms with Crippen LogP contribution in [-0.4, -0.2) is 9.59 Å². The number of halogens is 2. The highest BCUT2D eigenvalue weighted by Crippen LogP contribution is 2.19. The van der Waals surface area contributed by atoms with Crippen molar-refractivity contribution in [1.82, 2.24) is 9.59 Å². The predicted molar refractivity (Wildman–Crippen MR) is 24.9 cm³/mol. The summed E-state index contributed by atoms with van der Waals surface area (Å²) in [6, 6.07) is 0. The Morgan fingerprint density at radius 3 is 2.62 bits per heavy atom. The molecule has 0 unspecified atom stereocenters. The maximum Gasteiger partial charge on any atom is 0.275 e. The lowest BCUT2D eigenvalue weighted by molar-refractivity contribution is 0.155. The number of nitrogens with zero attached hydrogens (tertiary/aromatic N) is 2. The summed E-state index contributed by atoms with van der Waals surface area (Å²) >= 11 is 0.720. The third kappa shape index (κ3) is 0.975. The fourth-order valence-electron chi connectivity index (χ4n) is 0.271. The zero-order valence-corrected chi connectivity index (χ0v) is 4.53. The summed E-state index contributed by atoms with van der Waals surface area (Å²) in [6.45, 7) is 0. The first-order valence-electron chi connectivity index (χ1n) is 1.86. The van der Waals surface area contributed by atoms with Crippen molar-refractivity contribution in [3.8, 4) is 0 Å². The molecule has 0 aliphatic heterocycles. The second-order valence-electron chi connectivity index (χ2n) is 1.12. The molecule has 1 heterocycles. The molecule has 1 aromatic rings. The smallest absolute Gasteiger partial charge is 0.204 e. The Hall–Kier alpha value is -0.580. The quantitative estimate of drug-likeness (QED) is 0.584. The van der Waals surface area contributed by atoms with E-state index in [0.29, 0.717) is 0 Å². The maximum absolute atomic E-state index is 11.5. The van der Waals surface area contributed by atoms with Crippen LogP contribution < -0.4 is 0 Å². The van der Waals surface area contributed by atoms with Gasteiger partial charge in [-0.3, -0.25) is 0 Å². The first kappa shape index (κ1) is 5.55. The van der Waals surface area contributed by atoms with Crippen LogP contribution in [0.15, 0.2) is 6.20 Å². The van der Waals surface area contributed by atoms with Gasteiger partial charge in [0.15, 0.2) is 0 Å². The van der Waals surface area contributed by atoms with Crippen LogP contribution >= 0.6 is 11.5 Å². The molecule has 1 rings (SSSR count). The van der Waals surface area contributed by atoms with E-state index in [0.717, 1.165) is 17.7 Å². The molecule has 5 heteroatoms. The average Bonchev–Trinajstić information content (AvgIpc) is 2.12. The first-order valence-corrected chi connectivity index (χ1v) is 2.63. The van der Waals surface area contributed by atoms with Crippen LogP contribution in [0.5, 0.6) is 0 Å². The van der Waals surface area contributed by atoms with Crippen LogP contribution in [0.3, 0.4) is 0 Å². The van der Waals surface area contributed by atoms with Crippen molar-refractivity contribution in [2.75, 3.05) is 0 Å². The lowest BCUT2D eigenvalue weighted by Crippen LogP contribution is -1.72. The number of alkyl halides is 2. The molecule has 0 aliphatic carbocycles. The Balaban J connectivity index is 2.77. The van der Waals surface area contributed by atoms with Crippen molar-refractivity contribution >= 4 is 11.5 Å². The second kappa shape index (κ2) is 2.13. The van der Waals surface area contributed by atoms with Gasteiger partial charge in [0.1, 0.15) is 4.88 Å². The van der Waals surface area contributed by atoms with Crippen LogP contribution in [0.4, 0.5) is 8.78 Å². The van der Waals surface area contributed by atoms with Crippen molar-refractivity contribution in [2.24, 2.45) is 0 Å². The van der Waals surface area contributed by atoms with Crippen LogP contribution in [0.2, 0.25) is 0 Å². The SMILES string of the molecule is FC(F)c1cnns1. The second-order valence-corrected chi connectivity index (χ2v) is 1.94. The fraction of sp³-hybridized carbons (Fsp3) is 0.333. The molecule has 0 atom stereocenters. The maximum atomic E-state index is 11.5. The van der Waals surface area contributed by atoms with Crippen molar-refractivity contribution in [1.29, 1.82) is 0 Å². The molecule has 8 heavy (non-hydrogen) atoms. The van der Waals surface area contributed by atoms with Crippen molar-refractivity contribution in [3.63, 3.8) is 0 Å². The van der Waals surface area contributed by atoms with Gasteiger partial charge in [-0.1, -0.05) is 4.49 Å². The fourth-order valence-corrected chi connectivity index (χ4v) is 0.633. The number of hydrogen-bond donors (Lipinski definition) is 0. The summed E-state index contributed by atoms with van der Waals surface area (Å²) in [5.74, 6) is 0. The van der Waals surface area contributed by atoms with Crippen LogP contribution in [0.25, 0.3) is 0 Å². The van der Waals surface area contributed by atoms with Crippen LogP contribution in [-0.2, 0) is 0 Å². The van der Waals surface area contributed by atoms with Gasteiger partial charge in [0.2, 0.25) is 0 Å². The number of rotatable bonds is 1. The molecule has 0 amide bonds. The molecule has 2 nitrogen and oxygen atoms in total. The first-order chi connectivity index (χ1) is 3.80. The van der Waals surface area contributed by atoms with Gasteiger partial charge in [-0.05, 0) is 11.5 Å². The molecular weight excluding hydrogens is 134 g/mol. The summed E-state index contributed by atoms with van der Waals surface area (Å²) in [5, 5.41) is 3.23. The summed E-state index contributed by atoms with van der Waals surface area (Å²) < 4.78 is 26.3. The van der Waals surface area contributed by atoms with Gasteiger partial charge >= 0.3 is 0 Å². The van der Waals surface area contributed by atoms with E-state index in [-0.39, 0.29) is 4.88 Å². The monoisotopic (exact) mass is 136 g/mol. The molecule has 0 saturated carbocycles. The van der Waals surface area contributed by atoms with Gasteiger partial charge in [-0.15, -0.1) is 5.10 Å². The standard InChI is InChI=1S/C3H2F2N2S/c4-3(5)2-1-6-7-8-2/h1,3H. The summed E-state index contributed by atoms with van der Waals surface area (Å²) in [7, 11) is 0. The van der Waals surface area contributed by atoms with Gasteiger partial charge < -0.3 is 0 Å². The molecule has 1 aromatic heterocycles. The topological polar surface area (TPSA) is 25.8 Å². The molecule has 0 aromatic carbocycles. The lowest BCUT2D eigenvalue weighted by Gasteiger charge is -1.84. The van der Waals surface area contributed by atoms with E-state index in [1.807, 2.05) is 0 Å². The zero-order valence-electron chi connectivity index (χ0n) is 3.71. The number of aromatic nitrogens is 2. The van der Waals surface area contributed by atoms with E-state index in [1.54, 1.807) is 0 Å². The van der Waals surface area contributed by atoms with Crippen molar-refractivity contribution in [3.05, 3.63) is 11.1 Å². The van der Waals surface area contributed by atoms with Crippen molar-refractivity contribution < 1.29 is 8.78 Å². The van der Waals surface area contributed by atoms with Gasteiger partial charge in [0.05, 0.1) is 6.20 Å². The summed E-state index contributed by atoms with van der Waals surface area (Å²) in [6.07, 6.45) is -1.36. The van der Waals surface area contributed by atoms with Gasteiger partial charge in [-0.25, -0.2) is 8.78 Å². The Kier molecular flexibility index (Phi) is 1.48. The molecule has 44 valence electrons. The van der Waals surface area contributed by atoms with E-state index >= 15 is 0 Å². The highest BCUT2D eigenvalue weighted by atomic mass is 32.1. The molecule has 0 bridgehead atoms. The average molecular weight is 136 g/mol. The molecular formula is C3H2F2N2S. The Morgan fingerprint density at radius 2 is 2.38 bits per heavy atom. The zero-order chi connectivity index (χ0) is 5.98. The van der Waals surface area contributed by atoms with Crippen LogP contribution in [0.1, 0.15) is 11.3 Å². The van der Waals surface area contributed by atoms with E-state index in [4.69, 9.17) is 0 Å². The minimum Gasteiger partial charge on any atom is -0.204 e. The van der Waals surface area contributed by atoms with Crippen molar-refractivity contribution in [2.45, 2.75) is 6.43 Å². The van der Waals surface area contributed by atoms with E-state index in [2.05, 4.69) is 9.59 Å². The number of hydrogen-bond acceptors (Lipinski definition) is 3. The minimum atomic E-state index is -2.42. The van der Waals surface area contributed by atoms with Gasteiger partial charge in [0, 0.05) is 0 Å². The Labute approximate surface area is 48.3 Å². The minimum absolute atomic E-state index is 0.0787. The Morgan fingerprint density at radius 1 is 1.62 bits per heavy atom. The molecule has 0 saturated heterocycles. The summed E-state index contributed by atoms with van der Waals surface area (Å²) in [4.78, 5) is -0.0787. The molecule has 0 radical (unpaired) electrons. The van der Waals surface area contributed by atoms with Crippen LogP contribution in [0, 0.1) is 0 Å². The lowest BCUT2D eigenvalue weighted by atomic mass is 10.6. The highest BCUT2D eigenvalue weighted by molar-refractivity contribution is 7.05. The van der Waals surface area contributed by atoms with E-state index in [9.17, 15) is 8.78 Å². The van der Waals surface area contributed by atoms with Gasteiger partial charge in [-0.2, -0.15) is 0 Å². The molecule has 0 fully saturated rings. The van der Waals surface area contributed by atoms with Gasteiger partial charge in [0.25, 0.3) is 6.43 Å². The molecule has 0 aliphatic rings. The Bertz CT molecular complexity index is 150. The third-order valence-electron chi connectivity index (χ3n) is 0.593. The normalized spacial score (nSPS) is 10.4. The molecule has 0 spiro atoms. The van der Waals surface area contributed by atoms with E-state index in [1.165, 1.54) is 0 Å².